The molecule has 0 saturated carbocycles. The quantitative estimate of drug-likeness (QED) is 0.545. The van der Waals surface area contributed by atoms with Gasteiger partial charge in [0.25, 0.3) is 0 Å². The number of hydrogen-bond donors (Lipinski definition) is 0. The monoisotopic (exact) mass is 280 g/mol. The number of rotatable bonds is 11. The Labute approximate surface area is 123 Å². The topological polar surface area (TPSA) is 40.6 Å². The van der Waals surface area contributed by atoms with E-state index in [2.05, 4.69) is 13.2 Å². The number of carbonyl (C=O) groups excluding carboxylic acids is 2. The van der Waals surface area contributed by atoms with Crippen LogP contribution in [0.1, 0.15) is 51.4 Å². The zero-order chi connectivity index (χ0) is 15.4. The van der Waals surface area contributed by atoms with Crippen molar-refractivity contribution in [2.75, 3.05) is 14.1 Å². The molecule has 0 heterocycles. The summed E-state index contributed by atoms with van der Waals surface area (Å²) in [5.74, 6) is 0.246. The van der Waals surface area contributed by atoms with Crippen LogP contribution in [0.5, 0.6) is 0 Å². The molecule has 0 atom stereocenters. The molecule has 0 aliphatic carbocycles. The first-order valence-corrected chi connectivity index (χ1v) is 7.29. The highest BCUT2D eigenvalue weighted by Gasteiger charge is 2.05. The second kappa shape index (κ2) is 11.3. The Morgan fingerprint density at radius 1 is 0.750 bits per heavy atom. The number of unbranched alkanes of at least 4 members (excludes halogenated alkanes) is 5. The van der Waals surface area contributed by atoms with Crippen molar-refractivity contribution in [3.63, 3.8) is 0 Å². The summed E-state index contributed by atoms with van der Waals surface area (Å²) < 4.78 is 0. The molecule has 0 fully saturated rings. The number of nitrogens with zero attached hydrogens (tertiary/aromatic N) is 2. The average molecular weight is 280 g/mol. The van der Waals surface area contributed by atoms with Gasteiger partial charge in [-0.2, -0.15) is 0 Å². The third kappa shape index (κ3) is 8.51. The first-order chi connectivity index (χ1) is 9.52. The molecule has 4 nitrogen and oxygen atoms in total. The number of hydrogen-bond acceptors (Lipinski definition) is 2. The summed E-state index contributed by atoms with van der Waals surface area (Å²) in [6.45, 7) is 7.12. The van der Waals surface area contributed by atoms with Gasteiger partial charge in [-0.05, 0) is 25.2 Å². The second-order valence-electron chi connectivity index (χ2n) is 5.00. The van der Waals surface area contributed by atoms with Crippen LogP contribution in [0.3, 0.4) is 0 Å². The SMILES string of the molecule is C=CN(C)C(=O)CCCCCCCCC(=O)N(C)C=C. The van der Waals surface area contributed by atoms with E-state index in [-0.39, 0.29) is 11.8 Å². The molecule has 0 radical (unpaired) electrons. The lowest BCUT2D eigenvalue weighted by Gasteiger charge is -2.11. The van der Waals surface area contributed by atoms with Gasteiger partial charge >= 0.3 is 0 Å². The van der Waals surface area contributed by atoms with Gasteiger partial charge in [-0.15, -0.1) is 0 Å². The van der Waals surface area contributed by atoms with E-state index >= 15 is 0 Å². The first-order valence-electron chi connectivity index (χ1n) is 7.29. The summed E-state index contributed by atoms with van der Waals surface area (Å²) in [5, 5.41) is 0. The molecule has 20 heavy (non-hydrogen) atoms. The fourth-order valence-electron chi connectivity index (χ4n) is 1.82. The lowest BCUT2D eigenvalue weighted by molar-refractivity contribution is -0.128. The van der Waals surface area contributed by atoms with Gasteiger partial charge in [0.2, 0.25) is 11.8 Å². The van der Waals surface area contributed by atoms with Crippen LogP contribution in [0, 0.1) is 0 Å². The molecule has 114 valence electrons. The van der Waals surface area contributed by atoms with E-state index in [1.165, 1.54) is 9.80 Å². The first kappa shape index (κ1) is 18.4. The minimum absolute atomic E-state index is 0.123. The van der Waals surface area contributed by atoms with Gasteiger partial charge in [-0.25, -0.2) is 0 Å². The third-order valence-electron chi connectivity index (χ3n) is 3.37. The van der Waals surface area contributed by atoms with Gasteiger partial charge in [0.15, 0.2) is 0 Å². The van der Waals surface area contributed by atoms with Gasteiger partial charge in [-0.1, -0.05) is 38.8 Å². The van der Waals surface area contributed by atoms with Crippen molar-refractivity contribution in [3.8, 4) is 0 Å². The van der Waals surface area contributed by atoms with Crippen molar-refractivity contribution < 1.29 is 9.59 Å². The highest BCUT2D eigenvalue weighted by atomic mass is 16.2. The molecule has 0 unspecified atom stereocenters. The van der Waals surface area contributed by atoms with Gasteiger partial charge in [0.05, 0.1) is 0 Å². The maximum absolute atomic E-state index is 11.5. The van der Waals surface area contributed by atoms with Crippen LogP contribution in [-0.2, 0) is 9.59 Å². The summed E-state index contributed by atoms with van der Waals surface area (Å²) in [6, 6.07) is 0. The third-order valence-corrected chi connectivity index (χ3v) is 3.37. The van der Waals surface area contributed by atoms with Crippen molar-refractivity contribution in [1.82, 2.24) is 9.80 Å². The molecule has 0 aliphatic heterocycles. The van der Waals surface area contributed by atoms with Crippen molar-refractivity contribution in [2.45, 2.75) is 51.4 Å². The van der Waals surface area contributed by atoms with E-state index in [1.54, 1.807) is 26.5 Å². The Kier molecular flexibility index (Phi) is 10.4. The molecular formula is C16H28N2O2. The molecule has 4 heteroatoms. The minimum atomic E-state index is 0.123. The standard InChI is InChI=1S/C16H28N2O2/c1-5-17(3)15(19)13-11-9-7-8-10-12-14-16(20)18(4)6-2/h5-6H,1-2,7-14H2,3-4H3. The van der Waals surface area contributed by atoms with Crippen LogP contribution >= 0.6 is 0 Å². The molecule has 0 aromatic carbocycles. The van der Waals surface area contributed by atoms with Gasteiger partial charge < -0.3 is 9.80 Å². The predicted molar refractivity (Wildman–Crippen MR) is 82.9 cm³/mol. The molecule has 0 saturated heterocycles. The van der Waals surface area contributed by atoms with E-state index in [0.717, 1.165) is 38.5 Å². The maximum atomic E-state index is 11.5. The van der Waals surface area contributed by atoms with Crippen LogP contribution in [-0.4, -0.2) is 35.7 Å². The Bertz CT molecular complexity index is 294. The summed E-state index contributed by atoms with van der Waals surface area (Å²) in [4.78, 5) is 26.0. The van der Waals surface area contributed by atoms with E-state index in [9.17, 15) is 9.59 Å². The number of carbonyl (C=O) groups is 2. The molecule has 0 N–H and O–H groups in total. The Morgan fingerprint density at radius 3 is 1.35 bits per heavy atom. The van der Waals surface area contributed by atoms with Crippen molar-refractivity contribution in [2.24, 2.45) is 0 Å². The molecule has 0 aromatic rings. The predicted octanol–water partition coefficient (Wildman–Crippen LogP) is 3.31. The fourth-order valence-corrected chi connectivity index (χ4v) is 1.82. The highest BCUT2D eigenvalue weighted by Crippen LogP contribution is 2.10. The van der Waals surface area contributed by atoms with Crippen LogP contribution in [0.2, 0.25) is 0 Å². The lowest BCUT2D eigenvalue weighted by Crippen LogP contribution is -2.19. The Hall–Kier alpha value is -1.58. The molecule has 0 rings (SSSR count). The summed E-state index contributed by atoms with van der Waals surface area (Å²) >= 11 is 0. The molecule has 0 aliphatic rings. The van der Waals surface area contributed by atoms with E-state index in [1.807, 2.05) is 0 Å². The normalized spacial score (nSPS) is 9.90. The van der Waals surface area contributed by atoms with Gasteiger partial charge in [0.1, 0.15) is 0 Å². The molecule has 0 spiro atoms. The molecule has 0 bridgehead atoms. The van der Waals surface area contributed by atoms with Crippen molar-refractivity contribution in [1.29, 1.82) is 0 Å². The van der Waals surface area contributed by atoms with Crippen LogP contribution in [0.4, 0.5) is 0 Å². The van der Waals surface area contributed by atoms with Crippen LogP contribution < -0.4 is 0 Å². The largest absolute Gasteiger partial charge is 0.323 e. The Balaban J connectivity index is 3.41. The van der Waals surface area contributed by atoms with Crippen LogP contribution in [0.15, 0.2) is 25.6 Å². The summed E-state index contributed by atoms with van der Waals surface area (Å²) in [5.41, 5.74) is 0. The zero-order valence-electron chi connectivity index (χ0n) is 12.9. The second-order valence-corrected chi connectivity index (χ2v) is 5.00. The molecule has 0 aromatic heterocycles. The molecular weight excluding hydrogens is 252 g/mol. The van der Waals surface area contributed by atoms with E-state index in [4.69, 9.17) is 0 Å². The van der Waals surface area contributed by atoms with Crippen molar-refractivity contribution >= 4 is 11.8 Å². The lowest BCUT2D eigenvalue weighted by atomic mass is 10.1. The average Bonchev–Trinajstić information content (AvgIpc) is 2.47. The van der Waals surface area contributed by atoms with Gasteiger partial charge in [0, 0.05) is 26.9 Å². The van der Waals surface area contributed by atoms with Crippen LogP contribution in [0.25, 0.3) is 0 Å². The summed E-state index contributed by atoms with van der Waals surface area (Å²) in [7, 11) is 3.46. The molecule has 2 amide bonds. The maximum Gasteiger partial charge on any atom is 0.226 e. The van der Waals surface area contributed by atoms with Crippen molar-refractivity contribution in [3.05, 3.63) is 25.6 Å². The van der Waals surface area contributed by atoms with Gasteiger partial charge in [-0.3, -0.25) is 9.59 Å². The minimum Gasteiger partial charge on any atom is -0.323 e. The highest BCUT2D eigenvalue weighted by molar-refractivity contribution is 5.77. The summed E-state index contributed by atoms with van der Waals surface area (Å²) in [6.07, 6.45) is 10.5. The van der Waals surface area contributed by atoms with E-state index < -0.39 is 0 Å². The number of amides is 2. The fraction of sp³-hybridized carbons (Fsp3) is 0.625. The zero-order valence-corrected chi connectivity index (χ0v) is 12.9. The Morgan fingerprint density at radius 2 is 1.05 bits per heavy atom. The smallest absolute Gasteiger partial charge is 0.226 e. The van der Waals surface area contributed by atoms with E-state index in [0.29, 0.717) is 12.8 Å².